The van der Waals surface area contributed by atoms with Gasteiger partial charge in [0.2, 0.25) is 0 Å². The number of benzene rings is 2. The summed E-state index contributed by atoms with van der Waals surface area (Å²) >= 11 is 4.28. The highest BCUT2D eigenvalue weighted by molar-refractivity contribution is 7.26. The van der Waals surface area contributed by atoms with Gasteiger partial charge in [-0.3, -0.25) is 20.2 Å². The first-order valence-electron chi connectivity index (χ1n) is 9.04. The van der Waals surface area contributed by atoms with E-state index in [9.17, 15) is 14.9 Å². The molecule has 152 valence electrons. The molecular formula is C21H12N4O3S3. The van der Waals surface area contributed by atoms with Gasteiger partial charge in [0, 0.05) is 23.1 Å². The molecule has 3 aromatic heterocycles. The number of fused-ring (bicyclic) bond motifs is 1. The van der Waals surface area contributed by atoms with Crippen molar-refractivity contribution in [3.8, 4) is 21.1 Å². The van der Waals surface area contributed by atoms with Gasteiger partial charge in [-0.2, -0.15) is 0 Å². The fourth-order valence-corrected chi connectivity index (χ4v) is 5.57. The van der Waals surface area contributed by atoms with Crippen LogP contribution in [0.3, 0.4) is 0 Å². The van der Waals surface area contributed by atoms with Crippen LogP contribution < -0.4 is 5.32 Å². The zero-order chi connectivity index (χ0) is 21.4. The van der Waals surface area contributed by atoms with Gasteiger partial charge in [-0.1, -0.05) is 12.1 Å². The summed E-state index contributed by atoms with van der Waals surface area (Å²) in [5.74, 6) is -0.234. The number of rotatable bonds is 5. The summed E-state index contributed by atoms with van der Waals surface area (Å²) < 4.78 is 1.11. The third kappa shape index (κ3) is 3.96. The van der Waals surface area contributed by atoms with E-state index in [4.69, 9.17) is 0 Å². The lowest BCUT2D eigenvalue weighted by atomic mass is 10.1. The molecule has 0 radical (unpaired) electrons. The quantitative estimate of drug-likeness (QED) is 0.243. The Labute approximate surface area is 187 Å². The second-order valence-corrected chi connectivity index (χ2v) is 9.42. The molecule has 1 amide bonds. The number of amides is 1. The molecule has 0 aliphatic carbocycles. The van der Waals surface area contributed by atoms with Gasteiger partial charge in [-0.05, 0) is 36.4 Å². The molecule has 0 saturated carbocycles. The third-order valence-electron chi connectivity index (χ3n) is 4.43. The van der Waals surface area contributed by atoms with E-state index in [-0.39, 0.29) is 11.6 Å². The first kappa shape index (κ1) is 19.5. The zero-order valence-electron chi connectivity index (χ0n) is 15.6. The van der Waals surface area contributed by atoms with Crippen LogP contribution in [0.1, 0.15) is 9.67 Å². The lowest BCUT2D eigenvalue weighted by molar-refractivity contribution is -0.384. The van der Waals surface area contributed by atoms with Gasteiger partial charge in [0.25, 0.3) is 11.6 Å². The number of anilines is 1. The van der Waals surface area contributed by atoms with Gasteiger partial charge >= 0.3 is 0 Å². The molecule has 2 aromatic carbocycles. The Bertz CT molecular complexity index is 1390. The number of non-ortho nitro benzene ring substituents is 1. The Morgan fingerprint density at radius 1 is 0.968 bits per heavy atom. The highest BCUT2D eigenvalue weighted by atomic mass is 32.1. The van der Waals surface area contributed by atoms with Crippen molar-refractivity contribution in [1.82, 2.24) is 9.97 Å². The second-order valence-electron chi connectivity index (χ2n) is 6.45. The minimum Gasteiger partial charge on any atom is -0.297 e. The number of hydrogen-bond acceptors (Lipinski definition) is 8. The number of para-hydroxylation sites is 1. The Kier molecular flexibility index (Phi) is 5.02. The monoisotopic (exact) mass is 464 g/mol. The van der Waals surface area contributed by atoms with Crippen LogP contribution in [0.15, 0.2) is 66.0 Å². The maximum absolute atomic E-state index is 12.7. The first-order chi connectivity index (χ1) is 15.1. The number of carbonyl (C=O) groups is 1. The van der Waals surface area contributed by atoms with E-state index in [1.54, 1.807) is 34.9 Å². The second kappa shape index (κ2) is 7.99. The number of aromatic nitrogens is 2. The average molecular weight is 465 g/mol. The normalized spacial score (nSPS) is 11.0. The third-order valence-corrected chi connectivity index (χ3v) is 7.48. The summed E-state index contributed by atoms with van der Waals surface area (Å²) in [7, 11) is 0. The van der Waals surface area contributed by atoms with E-state index in [0.717, 1.165) is 25.7 Å². The number of hydrogen-bond donors (Lipinski definition) is 1. The van der Waals surface area contributed by atoms with E-state index in [2.05, 4.69) is 15.3 Å². The SMILES string of the molecule is O=C(Nc1nc(-c2ccc([N+](=O)[O-])cc2)cs1)c1ccc(-c2nc3ccccc3s2)s1. The van der Waals surface area contributed by atoms with Crippen molar-refractivity contribution in [2.24, 2.45) is 0 Å². The average Bonchev–Trinajstić information content (AvgIpc) is 3.52. The van der Waals surface area contributed by atoms with Gasteiger partial charge in [0.15, 0.2) is 5.13 Å². The fraction of sp³-hybridized carbons (Fsp3) is 0. The van der Waals surface area contributed by atoms with Crippen molar-refractivity contribution >= 4 is 61.0 Å². The molecule has 0 fully saturated rings. The lowest BCUT2D eigenvalue weighted by Gasteiger charge is -1.99. The molecule has 5 rings (SSSR count). The number of thiophene rings is 1. The van der Waals surface area contributed by atoms with Crippen LogP contribution in [-0.2, 0) is 0 Å². The number of nitrogens with one attached hydrogen (secondary N) is 1. The Morgan fingerprint density at radius 3 is 2.55 bits per heavy atom. The van der Waals surface area contributed by atoms with Crippen LogP contribution in [0.5, 0.6) is 0 Å². The molecule has 0 spiro atoms. The number of carbonyl (C=O) groups excluding carboxylic acids is 1. The van der Waals surface area contributed by atoms with Gasteiger partial charge in [0.1, 0.15) is 5.01 Å². The molecule has 0 atom stereocenters. The molecule has 0 saturated heterocycles. The Morgan fingerprint density at radius 2 is 1.77 bits per heavy atom. The van der Waals surface area contributed by atoms with Crippen molar-refractivity contribution in [1.29, 1.82) is 0 Å². The van der Waals surface area contributed by atoms with Crippen LogP contribution in [0.25, 0.3) is 31.4 Å². The highest BCUT2D eigenvalue weighted by Crippen LogP contribution is 2.35. The molecule has 5 aromatic rings. The lowest BCUT2D eigenvalue weighted by Crippen LogP contribution is -2.09. The van der Waals surface area contributed by atoms with Gasteiger partial charge < -0.3 is 0 Å². The van der Waals surface area contributed by atoms with Crippen molar-refractivity contribution in [2.75, 3.05) is 5.32 Å². The van der Waals surface area contributed by atoms with E-state index >= 15 is 0 Å². The smallest absolute Gasteiger partial charge is 0.269 e. The zero-order valence-corrected chi connectivity index (χ0v) is 18.1. The van der Waals surface area contributed by atoms with Crippen LogP contribution in [-0.4, -0.2) is 20.8 Å². The minimum absolute atomic E-state index is 0.0223. The van der Waals surface area contributed by atoms with Gasteiger partial charge in [0.05, 0.1) is 30.6 Å². The van der Waals surface area contributed by atoms with Crippen molar-refractivity contribution in [3.05, 3.63) is 81.0 Å². The Hall–Kier alpha value is -3.47. The molecular weight excluding hydrogens is 452 g/mol. The van der Waals surface area contributed by atoms with Gasteiger partial charge in [-0.25, -0.2) is 9.97 Å². The topological polar surface area (TPSA) is 98.0 Å². The summed E-state index contributed by atoms with van der Waals surface area (Å²) in [5, 5.41) is 16.8. The summed E-state index contributed by atoms with van der Waals surface area (Å²) in [4.78, 5) is 33.6. The van der Waals surface area contributed by atoms with Crippen molar-refractivity contribution in [3.63, 3.8) is 0 Å². The molecule has 0 aliphatic rings. The standard InChI is InChI=1S/C21H12N4O3S3/c26-19(17-9-10-18(30-17)20-22-14-3-1-2-4-16(14)31-20)24-21-23-15(11-29-21)12-5-7-13(8-6-12)25(27)28/h1-11H,(H,23,24,26). The summed E-state index contributed by atoms with van der Waals surface area (Å²) in [6.45, 7) is 0. The minimum atomic E-state index is -0.444. The number of nitro groups is 1. The molecule has 10 heteroatoms. The molecule has 0 bridgehead atoms. The van der Waals surface area contributed by atoms with E-state index in [0.29, 0.717) is 15.7 Å². The van der Waals surface area contributed by atoms with Crippen molar-refractivity contribution < 1.29 is 9.72 Å². The number of nitrogens with zero attached hydrogens (tertiary/aromatic N) is 3. The number of thiazole rings is 2. The molecule has 7 nitrogen and oxygen atoms in total. The van der Waals surface area contributed by atoms with Crippen LogP contribution >= 0.6 is 34.0 Å². The molecule has 3 heterocycles. The molecule has 0 aliphatic heterocycles. The predicted molar refractivity (Wildman–Crippen MR) is 125 cm³/mol. The molecule has 1 N–H and O–H groups in total. The van der Waals surface area contributed by atoms with Crippen molar-refractivity contribution in [2.45, 2.75) is 0 Å². The largest absolute Gasteiger partial charge is 0.297 e. The first-order valence-corrected chi connectivity index (χ1v) is 11.6. The Balaban J connectivity index is 1.31. The summed E-state index contributed by atoms with van der Waals surface area (Å²) in [6, 6.07) is 17.8. The van der Waals surface area contributed by atoms with Crippen LogP contribution in [0.4, 0.5) is 10.8 Å². The maximum Gasteiger partial charge on any atom is 0.269 e. The van der Waals surface area contributed by atoms with Gasteiger partial charge in [-0.15, -0.1) is 34.0 Å². The van der Waals surface area contributed by atoms with Crippen LogP contribution in [0, 0.1) is 10.1 Å². The van der Waals surface area contributed by atoms with E-state index < -0.39 is 4.92 Å². The highest BCUT2D eigenvalue weighted by Gasteiger charge is 2.15. The predicted octanol–water partition coefficient (Wildman–Crippen LogP) is 6.31. The molecule has 31 heavy (non-hydrogen) atoms. The number of nitro benzene ring substituents is 1. The van der Waals surface area contributed by atoms with E-state index in [1.807, 2.05) is 30.3 Å². The van der Waals surface area contributed by atoms with E-state index in [1.165, 1.54) is 34.8 Å². The maximum atomic E-state index is 12.7. The van der Waals surface area contributed by atoms with Crippen LogP contribution in [0.2, 0.25) is 0 Å². The molecule has 0 unspecified atom stereocenters. The summed E-state index contributed by atoms with van der Waals surface area (Å²) in [6.07, 6.45) is 0. The summed E-state index contributed by atoms with van der Waals surface area (Å²) in [5.41, 5.74) is 2.37. The fourth-order valence-electron chi connectivity index (χ4n) is 2.93.